The quantitative estimate of drug-likeness (QED) is 0.860. The predicted octanol–water partition coefficient (Wildman–Crippen LogP) is 2.34. The van der Waals surface area contributed by atoms with Gasteiger partial charge in [-0.2, -0.15) is 0 Å². The average Bonchev–Trinajstić information content (AvgIpc) is 2.30. The van der Waals surface area contributed by atoms with Gasteiger partial charge in [0.05, 0.1) is 11.6 Å². The number of ether oxygens (including phenoxy) is 1. The number of nitrogens with one attached hydrogen (secondary N) is 1. The van der Waals surface area contributed by atoms with Crippen molar-refractivity contribution in [3.63, 3.8) is 0 Å². The van der Waals surface area contributed by atoms with Gasteiger partial charge in [-0.05, 0) is 24.0 Å². The highest BCUT2D eigenvalue weighted by Crippen LogP contribution is 2.39. The molecule has 4 heteroatoms. The first-order chi connectivity index (χ1) is 7.72. The van der Waals surface area contributed by atoms with Crippen molar-refractivity contribution in [1.29, 1.82) is 0 Å². The van der Waals surface area contributed by atoms with E-state index in [4.69, 9.17) is 16.3 Å². The molecular formula is C12H14ClNO2. The molecule has 0 radical (unpaired) electrons. The van der Waals surface area contributed by atoms with Crippen LogP contribution < -0.4 is 10.1 Å². The van der Waals surface area contributed by atoms with Gasteiger partial charge in [-0.1, -0.05) is 23.7 Å². The molecule has 1 aromatic rings. The molecule has 0 aliphatic carbocycles. The normalized spacial score (nSPS) is 18.5. The highest BCUT2D eigenvalue weighted by Gasteiger charge is 2.24. The second-order valence-electron chi connectivity index (χ2n) is 3.87. The highest BCUT2D eigenvalue weighted by molar-refractivity contribution is 6.32. The molecule has 0 aromatic heterocycles. The summed E-state index contributed by atoms with van der Waals surface area (Å²) in [6.07, 6.45) is 1.36. The Hall–Kier alpha value is -1.22. The van der Waals surface area contributed by atoms with Crippen LogP contribution in [0.4, 0.5) is 0 Å². The molecule has 1 atom stereocenters. The summed E-state index contributed by atoms with van der Waals surface area (Å²) in [7, 11) is 1.65. The molecule has 2 rings (SSSR count). The minimum atomic E-state index is 0.0535. The zero-order valence-electron chi connectivity index (χ0n) is 9.13. The molecule has 0 spiro atoms. The van der Waals surface area contributed by atoms with Crippen molar-refractivity contribution in [2.75, 3.05) is 13.7 Å². The lowest BCUT2D eigenvalue weighted by Gasteiger charge is -2.26. The van der Waals surface area contributed by atoms with E-state index in [-0.39, 0.29) is 11.8 Å². The molecule has 1 aromatic carbocycles. The third-order valence-corrected chi connectivity index (χ3v) is 3.16. The van der Waals surface area contributed by atoms with Gasteiger partial charge < -0.3 is 10.1 Å². The van der Waals surface area contributed by atoms with Gasteiger partial charge in [0.1, 0.15) is 5.75 Å². The number of carbonyl (C=O) groups excluding carboxylic acids is 1. The van der Waals surface area contributed by atoms with Gasteiger partial charge in [-0.25, -0.2) is 0 Å². The van der Waals surface area contributed by atoms with Crippen LogP contribution in [0.3, 0.4) is 0 Å². The molecule has 0 saturated heterocycles. The van der Waals surface area contributed by atoms with E-state index >= 15 is 0 Å². The minimum absolute atomic E-state index is 0.0535. The SMILES string of the molecule is CNC(=O)CC1CCOc2c(Cl)cccc21. The van der Waals surface area contributed by atoms with E-state index in [1.807, 2.05) is 18.2 Å². The molecule has 16 heavy (non-hydrogen) atoms. The molecule has 1 aliphatic heterocycles. The van der Waals surface area contributed by atoms with Crippen LogP contribution in [0.15, 0.2) is 18.2 Å². The lowest BCUT2D eigenvalue weighted by atomic mass is 9.90. The Balaban J connectivity index is 2.26. The number of rotatable bonds is 2. The predicted molar refractivity (Wildman–Crippen MR) is 63.0 cm³/mol. The number of hydrogen-bond donors (Lipinski definition) is 1. The van der Waals surface area contributed by atoms with Crippen LogP contribution >= 0.6 is 11.6 Å². The third-order valence-electron chi connectivity index (χ3n) is 2.86. The summed E-state index contributed by atoms with van der Waals surface area (Å²) in [5.74, 6) is 1.00. The van der Waals surface area contributed by atoms with Crippen LogP contribution in [0.2, 0.25) is 5.02 Å². The van der Waals surface area contributed by atoms with Gasteiger partial charge >= 0.3 is 0 Å². The van der Waals surface area contributed by atoms with Gasteiger partial charge in [-0.3, -0.25) is 4.79 Å². The van der Waals surface area contributed by atoms with Crippen molar-refractivity contribution in [3.8, 4) is 5.75 Å². The van der Waals surface area contributed by atoms with Crippen molar-refractivity contribution in [2.24, 2.45) is 0 Å². The van der Waals surface area contributed by atoms with E-state index in [1.165, 1.54) is 0 Å². The van der Waals surface area contributed by atoms with Crippen molar-refractivity contribution < 1.29 is 9.53 Å². The van der Waals surface area contributed by atoms with E-state index < -0.39 is 0 Å². The fourth-order valence-electron chi connectivity index (χ4n) is 2.00. The lowest BCUT2D eigenvalue weighted by Crippen LogP contribution is -2.23. The van der Waals surface area contributed by atoms with Crippen LogP contribution in [0, 0.1) is 0 Å². The van der Waals surface area contributed by atoms with E-state index in [2.05, 4.69) is 5.32 Å². The zero-order valence-corrected chi connectivity index (χ0v) is 9.88. The summed E-state index contributed by atoms with van der Waals surface area (Å²) in [4.78, 5) is 11.4. The molecule has 3 nitrogen and oxygen atoms in total. The van der Waals surface area contributed by atoms with Crippen molar-refractivity contribution >= 4 is 17.5 Å². The maximum Gasteiger partial charge on any atom is 0.220 e. The van der Waals surface area contributed by atoms with Crippen LogP contribution in [-0.4, -0.2) is 19.6 Å². The number of fused-ring (bicyclic) bond motifs is 1. The molecule has 0 fully saturated rings. The number of carbonyl (C=O) groups is 1. The Morgan fingerprint density at radius 3 is 3.19 bits per heavy atom. The Morgan fingerprint density at radius 1 is 1.62 bits per heavy atom. The number of benzene rings is 1. The number of hydrogen-bond acceptors (Lipinski definition) is 2. The molecule has 1 unspecified atom stereocenters. The zero-order chi connectivity index (χ0) is 11.5. The first kappa shape index (κ1) is 11.3. The molecular weight excluding hydrogens is 226 g/mol. The topological polar surface area (TPSA) is 38.3 Å². The van der Waals surface area contributed by atoms with E-state index in [1.54, 1.807) is 7.05 Å². The maximum absolute atomic E-state index is 11.4. The largest absolute Gasteiger partial charge is 0.492 e. The summed E-state index contributed by atoms with van der Waals surface area (Å²) in [5, 5.41) is 3.27. The van der Waals surface area contributed by atoms with Gasteiger partial charge in [0.2, 0.25) is 5.91 Å². The van der Waals surface area contributed by atoms with E-state index in [0.29, 0.717) is 18.1 Å². The fraction of sp³-hybridized carbons (Fsp3) is 0.417. The van der Waals surface area contributed by atoms with E-state index in [9.17, 15) is 4.79 Å². The second kappa shape index (κ2) is 4.74. The summed E-state index contributed by atoms with van der Waals surface area (Å²) < 4.78 is 5.54. The fourth-order valence-corrected chi connectivity index (χ4v) is 2.23. The van der Waals surface area contributed by atoms with Gasteiger partial charge in [0.25, 0.3) is 0 Å². The average molecular weight is 240 g/mol. The summed E-state index contributed by atoms with van der Waals surface area (Å²) in [6, 6.07) is 5.68. The second-order valence-corrected chi connectivity index (χ2v) is 4.28. The first-order valence-corrected chi connectivity index (χ1v) is 5.72. The lowest BCUT2D eigenvalue weighted by molar-refractivity contribution is -0.121. The molecule has 1 aliphatic rings. The summed E-state index contributed by atoms with van der Waals surface area (Å²) in [5.41, 5.74) is 1.04. The number of halogens is 1. The Kier molecular flexibility index (Phi) is 3.34. The molecule has 1 N–H and O–H groups in total. The minimum Gasteiger partial charge on any atom is -0.492 e. The molecule has 1 heterocycles. The molecule has 86 valence electrons. The Morgan fingerprint density at radius 2 is 2.44 bits per heavy atom. The van der Waals surface area contributed by atoms with Gasteiger partial charge in [-0.15, -0.1) is 0 Å². The van der Waals surface area contributed by atoms with E-state index in [0.717, 1.165) is 17.7 Å². The standard InChI is InChI=1S/C12H14ClNO2/c1-14-11(15)7-8-5-6-16-12-9(8)3-2-4-10(12)13/h2-4,8H,5-7H2,1H3,(H,14,15). The number of amides is 1. The van der Waals surface area contributed by atoms with Crippen molar-refractivity contribution in [1.82, 2.24) is 5.32 Å². The van der Waals surface area contributed by atoms with Crippen LogP contribution in [0.5, 0.6) is 5.75 Å². The summed E-state index contributed by atoms with van der Waals surface area (Å²) in [6.45, 7) is 0.623. The van der Waals surface area contributed by atoms with Gasteiger partial charge in [0.15, 0.2) is 0 Å². The Bertz CT molecular complexity index is 406. The monoisotopic (exact) mass is 239 g/mol. The molecule has 0 bridgehead atoms. The third kappa shape index (κ3) is 2.14. The Labute approximate surface area is 99.7 Å². The molecule has 0 saturated carbocycles. The summed E-state index contributed by atoms with van der Waals surface area (Å²) >= 11 is 6.05. The van der Waals surface area contributed by atoms with Gasteiger partial charge in [0, 0.05) is 13.5 Å². The molecule has 1 amide bonds. The van der Waals surface area contributed by atoms with Crippen molar-refractivity contribution in [3.05, 3.63) is 28.8 Å². The smallest absolute Gasteiger partial charge is 0.220 e. The van der Waals surface area contributed by atoms with Crippen LogP contribution in [0.25, 0.3) is 0 Å². The van der Waals surface area contributed by atoms with Crippen molar-refractivity contribution in [2.45, 2.75) is 18.8 Å². The highest BCUT2D eigenvalue weighted by atomic mass is 35.5. The first-order valence-electron chi connectivity index (χ1n) is 5.34. The van der Waals surface area contributed by atoms with Crippen LogP contribution in [-0.2, 0) is 4.79 Å². The number of para-hydroxylation sites is 1. The van der Waals surface area contributed by atoms with Crippen LogP contribution in [0.1, 0.15) is 24.3 Å². The maximum atomic E-state index is 11.4.